The molecule has 1 aromatic rings. The Balaban J connectivity index is 2.12. The Morgan fingerprint density at radius 3 is 2.40 bits per heavy atom. The van der Waals surface area contributed by atoms with Gasteiger partial charge in [0, 0.05) is 11.1 Å². The van der Waals surface area contributed by atoms with Crippen molar-refractivity contribution in [3.05, 3.63) is 35.4 Å². The van der Waals surface area contributed by atoms with Crippen LogP contribution in [0.25, 0.3) is 0 Å². The number of carbonyl (C=O) groups excluding carboxylic acids is 1. The molecule has 1 fully saturated rings. The number of hydrogen-bond donors (Lipinski definition) is 2. The molecule has 2 rings (SSSR count). The van der Waals surface area contributed by atoms with E-state index in [0.29, 0.717) is 18.8 Å². The van der Waals surface area contributed by atoms with Crippen LogP contribution in [0.1, 0.15) is 22.2 Å². The van der Waals surface area contributed by atoms with E-state index < -0.39 is 0 Å². The molecule has 0 bridgehead atoms. The van der Waals surface area contributed by atoms with Crippen molar-refractivity contribution in [2.24, 2.45) is 5.84 Å². The topological polar surface area (TPSA) is 73.6 Å². The van der Waals surface area contributed by atoms with Crippen molar-refractivity contribution in [2.45, 2.75) is 6.29 Å². The summed E-state index contributed by atoms with van der Waals surface area (Å²) in [5, 5.41) is 0. The van der Waals surface area contributed by atoms with Crippen LogP contribution in [0.3, 0.4) is 0 Å². The van der Waals surface area contributed by atoms with Crippen LogP contribution in [0.2, 0.25) is 0 Å². The lowest BCUT2D eigenvalue weighted by Gasteiger charge is -2.09. The quantitative estimate of drug-likeness (QED) is 0.417. The number of rotatable bonds is 2. The number of hydrazine groups is 1. The standard InChI is InChI=1S/C10H12N2O3/c11-12-9(13)7-1-3-8(4-2-7)10-14-5-6-15-10/h1-4,10H,5-6,11H2,(H,12,13). The lowest BCUT2D eigenvalue weighted by atomic mass is 10.1. The zero-order valence-corrected chi connectivity index (χ0v) is 8.10. The van der Waals surface area contributed by atoms with Crippen molar-refractivity contribution in [3.8, 4) is 0 Å². The van der Waals surface area contributed by atoms with Gasteiger partial charge in [-0.15, -0.1) is 0 Å². The van der Waals surface area contributed by atoms with Crippen LogP contribution in [0.4, 0.5) is 0 Å². The molecule has 0 unspecified atom stereocenters. The Hall–Kier alpha value is -1.43. The molecule has 1 amide bonds. The monoisotopic (exact) mass is 208 g/mol. The van der Waals surface area contributed by atoms with Crippen LogP contribution in [0, 0.1) is 0 Å². The molecule has 0 radical (unpaired) electrons. The minimum atomic E-state index is -0.310. The zero-order valence-electron chi connectivity index (χ0n) is 8.10. The number of amides is 1. The molecule has 1 heterocycles. The number of benzene rings is 1. The summed E-state index contributed by atoms with van der Waals surface area (Å²) < 4.78 is 10.6. The highest BCUT2D eigenvalue weighted by Crippen LogP contribution is 2.23. The fraction of sp³-hybridized carbons (Fsp3) is 0.300. The van der Waals surface area contributed by atoms with Gasteiger partial charge in [0.2, 0.25) is 0 Å². The lowest BCUT2D eigenvalue weighted by molar-refractivity contribution is -0.0441. The van der Waals surface area contributed by atoms with E-state index in [4.69, 9.17) is 15.3 Å². The van der Waals surface area contributed by atoms with Crippen LogP contribution in [-0.4, -0.2) is 19.1 Å². The van der Waals surface area contributed by atoms with Gasteiger partial charge in [-0.2, -0.15) is 0 Å². The van der Waals surface area contributed by atoms with E-state index in [2.05, 4.69) is 5.43 Å². The van der Waals surface area contributed by atoms with E-state index in [1.807, 2.05) is 0 Å². The van der Waals surface area contributed by atoms with Gasteiger partial charge in [-0.25, -0.2) is 5.84 Å². The first-order valence-electron chi connectivity index (χ1n) is 4.65. The average Bonchev–Trinajstić information content (AvgIpc) is 2.82. The fourth-order valence-electron chi connectivity index (χ4n) is 1.43. The number of nitrogens with two attached hydrogens (primary N) is 1. The van der Waals surface area contributed by atoms with E-state index in [1.54, 1.807) is 24.3 Å². The van der Waals surface area contributed by atoms with Crippen LogP contribution in [0.15, 0.2) is 24.3 Å². The molecule has 0 atom stereocenters. The summed E-state index contributed by atoms with van der Waals surface area (Å²) in [6, 6.07) is 6.95. The molecular formula is C10H12N2O3. The van der Waals surface area contributed by atoms with E-state index in [1.165, 1.54) is 0 Å². The second-order valence-electron chi connectivity index (χ2n) is 3.17. The SMILES string of the molecule is NNC(=O)c1ccc(C2OCCO2)cc1. The summed E-state index contributed by atoms with van der Waals surface area (Å²) >= 11 is 0. The lowest BCUT2D eigenvalue weighted by Crippen LogP contribution is -2.29. The summed E-state index contributed by atoms with van der Waals surface area (Å²) in [6.07, 6.45) is -0.306. The number of carbonyl (C=O) groups is 1. The Kier molecular flexibility index (Phi) is 2.96. The van der Waals surface area contributed by atoms with E-state index in [-0.39, 0.29) is 12.2 Å². The molecule has 0 aromatic heterocycles. The van der Waals surface area contributed by atoms with Gasteiger partial charge in [0.15, 0.2) is 6.29 Å². The smallest absolute Gasteiger partial charge is 0.265 e. The minimum Gasteiger partial charge on any atom is -0.346 e. The summed E-state index contributed by atoms with van der Waals surface area (Å²) in [4.78, 5) is 11.1. The average molecular weight is 208 g/mol. The first-order chi connectivity index (χ1) is 7.31. The maximum Gasteiger partial charge on any atom is 0.265 e. The van der Waals surface area contributed by atoms with Crippen LogP contribution in [0.5, 0.6) is 0 Å². The molecule has 0 aliphatic carbocycles. The van der Waals surface area contributed by atoms with Gasteiger partial charge in [-0.05, 0) is 12.1 Å². The van der Waals surface area contributed by atoms with Gasteiger partial charge < -0.3 is 9.47 Å². The largest absolute Gasteiger partial charge is 0.346 e. The highest BCUT2D eigenvalue weighted by molar-refractivity contribution is 5.93. The van der Waals surface area contributed by atoms with Gasteiger partial charge in [0.05, 0.1) is 13.2 Å². The number of nitrogens with one attached hydrogen (secondary N) is 1. The summed E-state index contributed by atoms with van der Waals surface area (Å²) in [5.74, 6) is 4.70. The zero-order chi connectivity index (χ0) is 10.7. The molecular weight excluding hydrogens is 196 g/mol. The maximum absolute atomic E-state index is 11.1. The minimum absolute atomic E-state index is 0.306. The van der Waals surface area contributed by atoms with Crippen molar-refractivity contribution < 1.29 is 14.3 Å². The first-order valence-corrected chi connectivity index (χ1v) is 4.65. The highest BCUT2D eigenvalue weighted by atomic mass is 16.7. The molecule has 5 heteroatoms. The third kappa shape index (κ3) is 2.15. The molecule has 1 saturated heterocycles. The maximum atomic E-state index is 11.1. The first kappa shape index (κ1) is 10.1. The van der Waals surface area contributed by atoms with Gasteiger partial charge in [-0.1, -0.05) is 12.1 Å². The Morgan fingerprint density at radius 1 is 1.27 bits per heavy atom. The fourth-order valence-corrected chi connectivity index (χ4v) is 1.43. The van der Waals surface area contributed by atoms with Crippen molar-refractivity contribution in [1.29, 1.82) is 0 Å². The predicted molar refractivity (Wildman–Crippen MR) is 52.7 cm³/mol. The van der Waals surface area contributed by atoms with Crippen LogP contribution >= 0.6 is 0 Å². The number of hydrogen-bond acceptors (Lipinski definition) is 4. The number of ether oxygens (including phenoxy) is 2. The van der Waals surface area contributed by atoms with E-state index in [9.17, 15) is 4.79 Å². The second kappa shape index (κ2) is 4.39. The van der Waals surface area contributed by atoms with Crippen molar-refractivity contribution in [3.63, 3.8) is 0 Å². The Labute approximate surface area is 87.1 Å². The summed E-state index contributed by atoms with van der Waals surface area (Å²) in [5.41, 5.74) is 3.49. The van der Waals surface area contributed by atoms with Gasteiger partial charge in [-0.3, -0.25) is 10.2 Å². The van der Waals surface area contributed by atoms with Crippen molar-refractivity contribution >= 4 is 5.91 Å². The molecule has 0 saturated carbocycles. The molecule has 5 nitrogen and oxygen atoms in total. The molecule has 0 spiro atoms. The summed E-state index contributed by atoms with van der Waals surface area (Å²) in [6.45, 7) is 1.21. The number of nitrogen functional groups attached to an aromatic ring is 1. The van der Waals surface area contributed by atoms with Gasteiger partial charge in [0.1, 0.15) is 0 Å². The van der Waals surface area contributed by atoms with E-state index in [0.717, 1.165) is 5.56 Å². The second-order valence-corrected chi connectivity index (χ2v) is 3.17. The Morgan fingerprint density at radius 2 is 1.87 bits per heavy atom. The third-order valence-electron chi connectivity index (χ3n) is 2.20. The van der Waals surface area contributed by atoms with Gasteiger partial charge >= 0.3 is 0 Å². The molecule has 3 N–H and O–H groups in total. The van der Waals surface area contributed by atoms with Gasteiger partial charge in [0.25, 0.3) is 5.91 Å². The Bertz CT molecular complexity index is 344. The third-order valence-corrected chi connectivity index (χ3v) is 2.20. The van der Waals surface area contributed by atoms with Crippen LogP contribution < -0.4 is 11.3 Å². The highest BCUT2D eigenvalue weighted by Gasteiger charge is 2.18. The molecule has 15 heavy (non-hydrogen) atoms. The van der Waals surface area contributed by atoms with Crippen LogP contribution in [-0.2, 0) is 9.47 Å². The molecule has 1 aromatic carbocycles. The van der Waals surface area contributed by atoms with E-state index >= 15 is 0 Å². The van der Waals surface area contributed by atoms with Crippen molar-refractivity contribution in [1.82, 2.24) is 5.43 Å². The molecule has 80 valence electrons. The molecule has 1 aliphatic rings. The predicted octanol–water partition coefficient (Wildman–Crippen LogP) is 0.335. The van der Waals surface area contributed by atoms with Crippen molar-refractivity contribution in [2.75, 3.05) is 13.2 Å². The normalized spacial score (nSPS) is 16.6. The summed E-state index contributed by atoms with van der Waals surface area (Å²) in [7, 11) is 0. The molecule has 1 aliphatic heterocycles.